The van der Waals surface area contributed by atoms with E-state index in [2.05, 4.69) is 28.1 Å². The van der Waals surface area contributed by atoms with Gasteiger partial charge in [-0.3, -0.25) is 19.3 Å². The number of fused-ring (bicyclic) bond motifs is 5. The number of benzene rings is 3. The van der Waals surface area contributed by atoms with Crippen molar-refractivity contribution in [2.45, 2.75) is 18.8 Å². The van der Waals surface area contributed by atoms with E-state index in [1.807, 2.05) is 18.2 Å². The number of carbonyl (C=O) groups excluding carboxylic acids is 4. The van der Waals surface area contributed by atoms with Crippen LogP contribution in [0.4, 0.5) is 5.69 Å². The molecule has 2 saturated carbocycles. The average molecular weight is 558 g/mol. The summed E-state index contributed by atoms with van der Waals surface area (Å²) in [6.45, 7) is -0.402. The molecule has 1 saturated heterocycles. The fraction of sp³-hybridized carbons (Fsp3) is 0.267. The van der Waals surface area contributed by atoms with Gasteiger partial charge in [-0.1, -0.05) is 64.5 Å². The number of hydrogen-bond acceptors (Lipinski definition) is 5. The van der Waals surface area contributed by atoms with Gasteiger partial charge >= 0.3 is 5.97 Å². The molecule has 1 heterocycles. The second kappa shape index (κ2) is 9.38. The quantitative estimate of drug-likeness (QED) is 0.230. The number of halogens is 1. The van der Waals surface area contributed by atoms with E-state index in [1.54, 1.807) is 42.5 Å². The van der Waals surface area contributed by atoms with Gasteiger partial charge in [-0.25, -0.2) is 4.79 Å². The molecule has 5 atom stereocenters. The molecule has 6 rings (SSSR count). The smallest absolute Gasteiger partial charge is 0.338 e. The molecule has 2 aliphatic carbocycles. The van der Waals surface area contributed by atoms with Gasteiger partial charge in [0.1, 0.15) is 0 Å². The molecule has 0 radical (unpaired) electrons. The molecule has 37 heavy (non-hydrogen) atoms. The third-order valence-corrected chi connectivity index (χ3v) is 8.61. The van der Waals surface area contributed by atoms with Crippen molar-refractivity contribution in [3.05, 3.63) is 100 Å². The monoisotopic (exact) mass is 557 g/mol. The van der Waals surface area contributed by atoms with Crippen LogP contribution < -0.4 is 4.90 Å². The molecule has 2 bridgehead atoms. The highest BCUT2D eigenvalue weighted by Crippen LogP contribution is 2.61. The minimum Gasteiger partial charge on any atom is -0.454 e. The number of Topliss-reactive ketones (excluding diaryl/α,β-unsaturated/α-hetero) is 1. The van der Waals surface area contributed by atoms with E-state index in [0.29, 0.717) is 11.3 Å². The molecular formula is C30H24BrNO5. The maximum atomic E-state index is 13.6. The van der Waals surface area contributed by atoms with Gasteiger partial charge in [0.15, 0.2) is 12.4 Å². The fourth-order valence-corrected chi connectivity index (χ4v) is 6.77. The summed E-state index contributed by atoms with van der Waals surface area (Å²) >= 11 is 3.32. The Morgan fingerprint density at radius 3 is 2.32 bits per heavy atom. The van der Waals surface area contributed by atoms with Crippen molar-refractivity contribution in [1.82, 2.24) is 0 Å². The van der Waals surface area contributed by atoms with Gasteiger partial charge in [0.2, 0.25) is 11.8 Å². The molecule has 3 fully saturated rings. The third kappa shape index (κ3) is 4.11. The number of imide groups is 1. The Morgan fingerprint density at radius 1 is 0.838 bits per heavy atom. The van der Waals surface area contributed by atoms with Crippen LogP contribution in [0.15, 0.2) is 83.3 Å². The van der Waals surface area contributed by atoms with Crippen LogP contribution in [0.3, 0.4) is 0 Å². The molecule has 0 N–H and O–H groups in total. The van der Waals surface area contributed by atoms with Gasteiger partial charge in [-0.2, -0.15) is 0 Å². The normalized spacial score (nSPS) is 25.9. The minimum atomic E-state index is -0.684. The van der Waals surface area contributed by atoms with E-state index < -0.39 is 12.6 Å². The van der Waals surface area contributed by atoms with Crippen LogP contribution in [0.5, 0.6) is 0 Å². The average Bonchev–Trinajstić information content (AvgIpc) is 3.59. The number of rotatable bonds is 6. The lowest BCUT2D eigenvalue weighted by atomic mass is 9.73. The first-order chi connectivity index (χ1) is 17.9. The Hall–Kier alpha value is -3.58. The molecule has 0 unspecified atom stereocenters. The highest BCUT2D eigenvalue weighted by atomic mass is 79.9. The topological polar surface area (TPSA) is 80.8 Å². The van der Waals surface area contributed by atoms with Crippen LogP contribution in [0.25, 0.3) is 0 Å². The number of ketones is 1. The second-order valence-corrected chi connectivity index (χ2v) is 10.9. The summed E-state index contributed by atoms with van der Waals surface area (Å²) in [5, 5.41) is 0. The SMILES string of the molecule is O=C(COC(=O)c1cccc(N2C(=O)[C@@H]3[C@@H]4C[C@H]([C@H]3C2=O)[C@@H](c2ccccc2)C4)c1)c1ccc(Br)cc1. The van der Waals surface area contributed by atoms with E-state index in [1.165, 1.54) is 16.5 Å². The summed E-state index contributed by atoms with van der Waals surface area (Å²) in [7, 11) is 0. The Bertz CT molecular complexity index is 1400. The van der Waals surface area contributed by atoms with Gasteiger partial charge in [0, 0.05) is 10.0 Å². The predicted molar refractivity (Wildman–Crippen MR) is 140 cm³/mol. The van der Waals surface area contributed by atoms with Crippen LogP contribution in [0.1, 0.15) is 45.0 Å². The number of carbonyl (C=O) groups is 4. The molecule has 3 aliphatic rings. The zero-order valence-electron chi connectivity index (χ0n) is 19.9. The van der Waals surface area contributed by atoms with Crippen molar-refractivity contribution in [3.8, 4) is 0 Å². The Labute approximate surface area is 222 Å². The molecule has 7 heteroatoms. The zero-order valence-corrected chi connectivity index (χ0v) is 21.5. The molecule has 2 amide bonds. The number of esters is 1. The largest absolute Gasteiger partial charge is 0.454 e. The van der Waals surface area contributed by atoms with E-state index in [-0.39, 0.29) is 52.8 Å². The van der Waals surface area contributed by atoms with Gasteiger partial charge in [-0.15, -0.1) is 0 Å². The predicted octanol–water partition coefficient (Wildman–Crippen LogP) is 5.42. The van der Waals surface area contributed by atoms with Gasteiger partial charge < -0.3 is 4.74 Å². The van der Waals surface area contributed by atoms with Crippen molar-refractivity contribution >= 4 is 45.2 Å². The summed E-state index contributed by atoms with van der Waals surface area (Å²) in [6.07, 6.45) is 1.82. The van der Waals surface area contributed by atoms with E-state index >= 15 is 0 Å². The fourth-order valence-electron chi connectivity index (χ4n) is 6.50. The lowest BCUT2D eigenvalue weighted by Gasteiger charge is -2.28. The molecule has 186 valence electrons. The van der Waals surface area contributed by atoms with E-state index in [9.17, 15) is 19.2 Å². The molecule has 3 aromatic rings. The van der Waals surface area contributed by atoms with E-state index in [4.69, 9.17) is 4.74 Å². The summed E-state index contributed by atoms with van der Waals surface area (Å²) in [5.41, 5.74) is 2.22. The summed E-state index contributed by atoms with van der Waals surface area (Å²) in [6, 6.07) is 23.4. The molecule has 0 aromatic heterocycles. The van der Waals surface area contributed by atoms with Crippen LogP contribution in [0, 0.1) is 23.7 Å². The van der Waals surface area contributed by atoms with Crippen molar-refractivity contribution in [2.24, 2.45) is 23.7 Å². The third-order valence-electron chi connectivity index (χ3n) is 8.08. The molecule has 0 spiro atoms. The van der Waals surface area contributed by atoms with Gasteiger partial charge in [0.05, 0.1) is 23.1 Å². The Balaban J connectivity index is 1.18. The first kappa shape index (κ1) is 23.8. The molecular weight excluding hydrogens is 534 g/mol. The number of ether oxygens (including phenoxy) is 1. The van der Waals surface area contributed by atoms with Gasteiger partial charge in [0.25, 0.3) is 0 Å². The first-order valence-corrected chi connectivity index (χ1v) is 13.2. The maximum absolute atomic E-state index is 13.6. The van der Waals surface area contributed by atoms with Crippen molar-refractivity contribution in [2.75, 3.05) is 11.5 Å². The van der Waals surface area contributed by atoms with E-state index in [0.717, 1.165) is 17.3 Å². The van der Waals surface area contributed by atoms with Crippen LogP contribution in [-0.4, -0.2) is 30.2 Å². The molecule has 1 aliphatic heterocycles. The van der Waals surface area contributed by atoms with Crippen molar-refractivity contribution < 1.29 is 23.9 Å². The number of anilines is 1. The Morgan fingerprint density at radius 2 is 1.57 bits per heavy atom. The van der Waals surface area contributed by atoms with Crippen LogP contribution in [-0.2, 0) is 14.3 Å². The summed E-state index contributed by atoms with van der Waals surface area (Å²) in [5.74, 6) is -1.35. The maximum Gasteiger partial charge on any atom is 0.338 e. The van der Waals surface area contributed by atoms with Crippen LogP contribution in [0.2, 0.25) is 0 Å². The highest BCUT2D eigenvalue weighted by molar-refractivity contribution is 9.10. The van der Waals surface area contributed by atoms with Gasteiger partial charge in [-0.05, 0) is 66.5 Å². The van der Waals surface area contributed by atoms with Crippen molar-refractivity contribution in [1.29, 1.82) is 0 Å². The lowest BCUT2D eigenvalue weighted by Crippen LogP contribution is -2.33. The highest BCUT2D eigenvalue weighted by Gasteiger charge is 2.64. The number of amides is 2. The summed E-state index contributed by atoms with van der Waals surface area (Å²) in [4.78, 5) is 53.4. The standard InChI is InChI=1S/C30H24BrNO5/c31-21-11-9-18(10-12-21)25(33)16-37-30(36)19-7-4-8-22(13-19)32-28(34)26-20-14-23(17-5-2-1-3-6-17)24(15-20)27(26)29(32)35/h1-13,20,23-24,26-27H,14-16H2/t20-,23+,24-,26+,27+/m0/s1. The number of nitrogens with zero attached hydrogens (tertiary/aromatic N) is 1. The van der Waals surface area contributed by atoms with Crippen LogP contribution >= 0.6 is 15.9 Å². The Kier molecular flexibility index (Phi) is 6.03. The summed E-state index contributed by atoms with van der Waals surface area (Å²) < 4.78 is 6.08. The molecule has 3 aromatic carbocycles. The first-order valence-electron chi connectivity index (χ1n) is 12.4. The second-order valence-electron chi connectivity index (χ2n) is 10.0. The zero-order chi connectivity index (χ0) is 25.7. The lowest BCUT2D eigenvalue weighted by molar-refractivity contribution is -0.123. The molecule has 6 nitrogen and oxygen atoms in total. The van der Waals surface area contributed by atoms with Crippen molar-refractivity contribution in [3.63, 3.8) is 0 Å². The minimum absolute atomic E-state index is 0.150. The number of hydrogen-bond donors (Lipinski definition) is 0.